The van der Waals surface area contributed by atoms with E-state index in [0.717, 1.165) is 16.8 Å². The Morgan fingerprint density at radius 2 is 1.73 bits per heavy atom. The maximum Gasteiger partial charge on any atom is 0.243 e. The van der Waals surface area contributed by atoms with Gasteiger partial charge in [0.1, 0.15) is 0 Å². The molecule has 0 amide bonds. The van der Waals surface area contributed by atoms with E-state index >= 15 is 0 Å². The third kappa shape index (κ3) is 5.27. The van der Waals surface area contributed by atoms with E-state index in [1.54, 1.807) is 24.3 Å². The Hall–Kier alpha value is -1.96. The van der Waals surface area contributed by atoms with E-state index in [-0.39, 0.29) is 0 Å². The smallest absolute Gasteiger partial charge is 0.243 e. The molecular weight excluding hydrogens is 366 g/mol. The molecule has 2 rings (SSSR count). The summed E-state index contributed by atoms with van der Waals surface area (Å²) in [6, 6.07) is 14.8. The van der Waals surface area contributed by atoms with Crippen molar-refractivity contribution in [3.05, 3.63) is 59.7 Å². The second-order valence-corrected chi connectivity index (χ2v) is 8.26. The predicted octanol–water partition coefficient (Wildman–Crippen LogP) is 3.51. The molecule has 0 saturated carbocycles. The van der Waals surface area contributed by atoms with Crippen molar-refractivity contribution in [1.29, 1.82) is 0 Å². The van der Waals surface area contributed by atoms with Crippen LogP contribution in [0.3, 0.4) is 0 Å². The lowest BCUT2D eigenvalue weighted by Crippen LogP contribution is -2.30. The monoisotopic (exact) mass is 391 g/mol. The lowest BCUT2D eigenvalue weighted by atomic mass is 10.2. The van der Waals surface area contributed by atoms with Crippen LogP contribution in [0.1, 0.15) is 25.0 Å². The third-order valence-electron chi connectivity index (χ3n) is 4.00. The summed E-state index contributed by atoms with van der Waals surface area (Å²) in [5, 5.41) is 6.79. The van der Waals surface area contributed by atoms with Crippen molar-refractivity contribution in [3.8, 4) is 0 Å². The Labute approximate surface area is 161 Å². The molecule has 0 aliphatic rings. The van der Waals surface area contributed by atoms with Crippen molar-refractivity contribution in [2.24, 2.45) is 0 Å². The molecule has 0 radical (unpaired) electrons. The summed E-state index contributed by atoms with van der Waals surface area (Å²) in [6.07, 6.45) is 0. The van der Waals surface area contributed by atoms with Crippen LogP contribution in [0.2, 0.25) is 0 Å². The summed E-state index contributed by atoms with van der Waals surface area (Å²) in [5.74, 6) is 0. The number of benzene rings is 2. The Bertz CT molecular complexity index is 845. The number of rotatable bonds is 7. The highest BCUT2D eigenvalue weighted by Crippen LogP contribution is 2.16. The maximum absolute atomic E-state index is 12.5. The summed E-state index contributed by atoms with van der Waals surface area (Å²) in [6.45, 7) is 7.13. The Morgan fingerprint density at radius 3 is 2.31 bits per heavy atom. The van der Waals surface area contributed by atoms with Gasteiger partial charge in [-0.2, -0.15) is 4.31 Å². The first kappa shape index (κ1) is 20.4. The number of nitrogens with one attached hydrogen (secondary N) is 2. The van der Waals surface area contributed by atoms with Crippen LogP contribution in [-0.2, 0) is 16.6 Å². The SMILES string of the molecule is CCN(CC)S(=O)(=O)c1ccc(CNC(=S)Nc2cccc(C)c2)cc1. The number of aryl methyl sites for hydroxylation is 1. The molecule has 140 valence electrons. The lowest BCUT2D eigenvalue weighted by molar-refractivity contribution is 0.445. The molecule has 0 saturated heterocycles. The molecule has 0 heterocycles. The molecular formula is C19H25N3O2S2. The quantitative estimate of drug-likeness (QED) is 0.707. The maximum atomic E-state index is 12.5. The zero-order chi connectivity index (χ0) is 19.2. The second kappa shape index (κ2) is 9.12. The lowest BCUT2D eigenvalue weighted by Gasteiger charge is -2.18. The molecule has 0 aromatic heterocycles. The average molecular weight is 392 g/mol. The first-order valence-electron chi connectivity index (χ1n) is 8.57. The zero-order valence-corrected chi connectivity index (χ0v) is 17.0. The highest BCUT2D eigenvalue weighted by molar-refractivity contribution is 7.89. The van der Waals surface area contributed by atoms with E-state index in [4.69, 9.17) is 12.2 Å². The van der Waals surface area contributed by atoms with Gasteiger partial charge in [0, 0.05) is 25.3 Å². The van der Waals surface area contributed by atoms with Crippen molar-refractivity contribution in [2.45, 2.75) is 32.2 Å². The average Bonchev–Trinajstić information content (AvgIpc) is 2.61. The zero-order valence-electron chi connectivity index (χ0n) is 15.3. The van der Waals surface area contributed by atoms with Crippen molar-refractivity contribution in [3.63, 3.8) is 0 Å². The van der Waals surface area contributed by atoms with E-state index < -0.39 is 10.0 Å². The predicted molar refractivity (Wildman–Crippen MR) is 111 cm³/mol. The van der Waals surface area contributed by atoms with Gasteiger partial charge in [-0.15, -0.1) is 0 Å². The van der Waals surface area contributed by atoms with Crippen LogP contribution in [-0.4, -0.2) is 30.9 Å². The van der Waals surface area contributed by atoms with Crippen LogP contribution in [0.4, 0.5) is 5.69 Å². The fourth-order valence-corrected chi connectivity index (χ4v) is 4.22. The van der Waals surface area contributed by atoms with E-state index in [2.05, 4.69) is 10.6 Å². The summed E-state index contributed by atoms with van der Waals surface area (Å²) in [7, 11) is -3.42. The van der Waals surface area contributed by atoms with E-state index in [0.29, 0.717) is 29.6 Å². The molecule has 0 bridgehead atoms. The van der Waals surface area contributed by atoms with Crippen LogP contribution in [0.15, 0.2) is 53.4 Å². The molecule has 0 aliphatic carbocycles. The summed E-state index contributed by atoms with van der Waals surface area (Å²) >= 11 is 5.30. The van der Waals surface area contributed by atoms with Crippen molar-refractivity contribution in [2.75, 3.05) is 18.4 Å². The largest absolute Gasteiger partial charge is 0.358 e. The molecule has 26 heavy (non-hydrogen) atoms. The van der Waals surface area contributed by atoms with Crippen molar-refractivity contribution < 1.29 is 8.42 Å². The van der Waals surface area contributed by atoms with Gasteiger partial charge >= 0.3 is 0 Å². The Kier molecular flexibility index (Phi) is 7.14. The van der Waals surface area contributed by atoms with Gasteiger partial charge in [0.15, 0.2) is 5.11 Å². The molecule has 7 heteroatoms. The minimum Gasteiger partial charge on any atom is -0.358 e. The van der Waals surface area contributed by atoms with Gasteiger partial charge in [-0.05, 0) is 54.5 Å². The molecule has 0 fully saturated rings. The van der Waals surface area contributed by atoms with Gasteiger partial charge in [-0.3, -0.25) is 0 Å². The van der Waals surface area contributed by atoms with Crippen LogP contribution in [0.25, 0.3) is 0 Å². The van der Waals surface area contributed by atoms with E-state index in [1.165, 1.54) is 4.31 Å². The number of nitrogens with zero attached hydrogens (tertiary/aromatic N) is 1. The number of anilines is 1. The third-order valence-corrected chi connectivity index (χ3v) is 6.31. The molecule has 0 unspecified atom stereocenters. The van der Waals surface area contributed by atoms with Crippen LogP contribution >= 0.6 is 12.2 Å². The minimum absolute atomic E-state index is 0.311. The molecule has 2 aromatic rings. The highest BCUT2D eigenvalue weighted by atomic mass is 32.2. The normalized spacial score (nSPS) is 11.4. The molecule has 0 spiro atoms. The van der Waals surface area contributed by atoms with Crippen molar-refractivity contribution >= 4 is 33.0 Å². The number of thiocarbonyl (C=S) groups is 1. The fraction of sp³-hybridized carbons (Fsp3) is 0.316. The number of hydrogen-bond acceptors (Lipinski definition) is 3. The van der Waals surface area contributed by atoms with Crippen molar-refractivity contribution in [1.82, 2.24) is 9.62 Å². The topological polar surface area (TPSA) is 61.4 Å². The van der Waals surface area contributed by atoms with E-state index in [9.17, 15) is 8.42 Å². The van der Waals surface area contributed by atoms with Crippen LogP contribution in [0.5, 0.6) is 0 Å². The summed E-state index contributed by atoms with van der Waals surface area (Å²) < 4.78 is 26.4. The van der Waals surface area contributed by atoms with Gasteiger partial charge in [-0.1, -0.05) is 38.1 Å². The molecule has 0 atom stereocenters. The van der Waals surface area contributed by atoms with Gasteiger partial charge in [0.25, 0.3) is 0 Å². The molecule has 5 nitrogen and oxygen atoms in total. The van der Waals surface area contributed by atoms with Gasteiger partial charge in [0.05, 0.1) is 4.90 Å². The van der Waals surface area contributed by atoms with E-state index in [1.807, 2.05) is 45.0 Å². The van der Waals surface area contributed by atoms with Gasteiger partial charge in [-0.25, -0.2) is 8.42 Å². The highest BCUT2D eigenvalue weighted by Gasteiger charge is 2.21. The molecule has 0 aliphatic heterocycles. The first-order valence-corrected chi connectivity index (χ1v) is 10.4. The standard InChI is InChI=1S/C19H25N3O2S2/c1-4-22(5-2)26(23,24)18-11-9-16(10-12-18)14-20-19(25)21-17-8-6-7-15(3)13-17/h6-13H,4-5,14H2,1-3H3,(H2,20,21,25). The molecule has 2 aromatic carbocycles. The fourth-order valence-electron chi connectivity index (χ4n) is 2.57. The van der Waals surface area contributed by atoms with Crippen LogP contribution in [0, 0.1) is 6.92 Å². The van der Waals surface area contributed by atoms with Gasteiger partial charge in [0.2, 0.25) is 10.0 Å². The minimum atomic E-state index is -3.42. The molecule has 2 N–H and O–H groups in total. The second-order valence-electron chi connectivity index (χ2n) is 5.91. The number of hydrogen-bond donors (Lipinski definition) is 2. The Morgan fingerprint density at radius 1 is 1.08 bits per heavy atom. The summed E-state index contributed by atoms with van der Waals surface area (Å²) in [5.41, 5.74) is 3.04. The Balaban J connectivity index is 1.96. The van der Waals surface area contributed by atoms with Crippen LogP contribution < -0.4 is 10.6 Å². The summed E-state index contributed by atoms with van der Waals surface area (Å²) in [4.78, 5) is 0.311. The first-order chi connectivity index (χ1) is 12.4. The number of sulfonamides is 1. The van der Waals surface area contributed by atoms with Gasteiger partial charge < -0.3 is 10.6 Å².